The van der Waals surface area contributed by atoms with Crippen molar-refractivity contribution in [2.45, 2.75) is 6.92 Å². The Labute approximate surface area is 121 Å². The van der Waals surface area contributed by atoms with Gasteiger partial charge in [-0.05, 0) is 36.8 Å². The maximum absolute atomic E-state index is 13.7. The predicted octanol–water partition coefficient (Wildman–Crippen LogP) is 4.17. The molecule has 0 saturated carbocycles. The Morgan fingerprint density at radius 1 is 1.32 bits per heavy atom. The summed E-state index contributed by atoms with van der Waals surface area (Å²) in [4.78, 5) is 0.235. The summed E-state index contributed by atoms with van der Waals surface area (Å²) < 4.78 is 13.7. The minimum atomic E-state index is -0.311. The van der Waals surface area contributed by atoms with E-state index in [1.54, 1.807) is 24.3 Å². The molecule has 0 heterocycles. The van der Waals surface area contributed by atoms with Crippen molar-refractivity contribution < 1.29 is 4.39 Å². The smallest absolute Gasteiger partial charge is 0.146 e. The third-order valence-electron chi connectivity index (χ3n) is 2.73. The molecule has 0 spiro atoms. The summed E-state index contributed by atoms with van der Waals surface area (Å²) >= 11 is 10.9. The molecular weight excluding hydrogens is 283 g/mol. The Hall–Kier alpha value is -1.65. The van der Waals surface area contributed by atoms with E-state index in [-0.39, 0.29) is 10.8 Å². The Morgan fingerprint density at radius 2 is 2.05 bits per heavy atom. The molecule has 2 aromatic rings. The summed E-state index contributed by atoms with van der Waals surface area (Å²) in [7, 11) is 0. The second kappa shape index (κ2) is 5.55. The van der Waals surface area contributed by atoms with Crippen molar-refractivity contribution in [2.75, 3.05) is 5.32 Å². The van der Waals surface area contributed by atoms with Gasteiger partial charge in [0.15, 0.2) is 0 Å². The van der Waals surface area contributed by atoms with Crippen LogP contribution in [0.5, 0.6) is 0 Å². The Bertz CT molecular complexity index is 623. The van der Waals surface area contributed by atoms with Crippen molar-refractivity contribution in [3.8, 4) is 0 Å². The molecule has 0 fully saturated rings. The molecule has 0 aliphatic carbocycles. The van der Waals surface area contributed by atoms with Gasteiger partial charge in [-0.3, -0.25) is 0 Å². The SMILES string of the molecule is Cc1cccc(F)c1Nc1ccc(C(N)=S)c(Cl)c1. The van der Waals surface area contributed by atoms with Gasteiger partial charge in [-0.1, -0.05) is 36.0 Å². The zero-order chi connectivity index (χ0) is 14.0. The molecule has 0 amide bonds. The van der Waals surface area contributed by atoms with Crippen LogP contribution in [0.15, 0.2) is 36.4 Å². The van der Waals surface area contributed by atoms with E-state index in [2.05, 4.69) is 5.32 Å². The van der Waals surface area contributed by atoms with Gasteiger partial charge in [0.1, 0.15) is 10.8 Å². The monoisotopic (exact) mass is 294 g/mol. The highest BCUT2D eigenvalue weighted by atomic mass is 35.5. The number of rotatable bonds is 3. The first-order chi connectivity index (χ1) is 8.99. The van der Waals surface area contributed by atoms with Crippen LogP contribution in [0.25, 0.3) is 0 Å². The van der Waals surface area contributed by atoms with E-state index >= 15 is 0 Å². The molecule has 0 aliphatic heterocycles. The highest BCUT2D eigenvalue weighted by molar-refractivity contribution is 7.80. The van der Waals surface area contributed by atoms with Crippen LogP contribution in [-0.2, 0) is 0 Å². The molecule has 0 atom stereocenters. The van der Waals surface area contributed by atoms with Crippen LogP contribution in [-0.4, -0.2) is 4.99 Å². The van der Waals surface area contributed by atoms with E-state index in [9.17, 15) is 4.39 Å². The van der Waals surface area contributed by atoms with Gasteiger partial charge in [-0.2, -0.15) is 0 Å². The Kier molecular flexibility index (Phi) is 4.02. The molecule has 5 heteroatoms. The van der Waals surface area contributed by atoms with Crippen molar-refractivity contribution in [1.82, 2.24) is 0 Å². The number of aryl methyl sites for hydroxylation is 1. The van der Waals surface area contributed by atoms with Crippen molar-refractivity contribution >= 4 is 40.2 Å². The van der Waals surface area contributed by atoms with Crippen LogP contribution >= 0.6 is 23.8 Å². The second-order valence-corrected chi connectivity index (χ2v) is 4.96. The van der Waals surface area contributed by atoms with Crippen LogP contribution in [0, 0.1) is 12.7 Å². The molecule has 3 N–H and O–H groups in total. The van der Waals surface area contributed by atoms with Crippen molar-refractivity contribution in [2.24, 2.45) is 5.73 Å². The molecule has 0 aliphatic rings. The highest BCUT2D eigenvalue weighted by Gasteiger charge is 2.08. The second-order valence-electron chi connectivity index (χ2n) is 4.12. The number of para-hydroxylation sites is 1. The number of nitrogens with one attached hydrogen (secondary N) is 1. The van der Waals surface area contributed by atoms with Gasteiger partial charge in [0.25, 0.3) is 0 Å². The number of nitrogens with two attached hydrogens (primary N) is 1. The molecule has 2 rings (SSSR count). The van der Waals surface area contributed by atoms with Gasteiger partial charge in [-0.15, -0.1) is 0 Å². The Morgan fingerprint density at radius 3 is 2.63 bits per heavy atom. The summed E-state index contributed by atoms with van der Waals surface area (Å²) in [6.45, 7) is 1.83. The fourth-order valence-corrected chi connectivity index (χ4v) is 2.24. The number of anilines is 2. The maximum atomic E-state index is 13.7. The van der Waals surface area contributed by atoms with Gasteiger partial charge < -0.3 is 11.1 Å². The summed E-state index contributed by atoms with van der Waals surface area (Å²) in [5.41, 5.74) is 8.06. The lowest BCUT2D eigenvalue weighted by molar-refractivity contribution is 0.631. The third kappa shape index (κ3) is 3.03. The quantitative estimate of drug-likeness (QED) is 0.835. The van der Waals surface area contributed by atoms with Gasteiger partial charge in [0.2, 0.25) is 0 Å². The number of hydrogen-bond acceptors (Lipinski definition) is 2. The molecule has 0 radical (unpaired) electrons. The summed E-state index contributed by atoms with van der Waals surface area (Å²) in [5.74, 6) is -0.311. The summed E-state index contributed by atoms with van der Waals surface area (Å²) in [6, 6.07) is 10.0. The van der Waals surface area contributed by atoms with Crippen LogP contribution in [0.1, 0.15) is 11.1 Å². The zero-order valence-electron chi connectivity index (χ0n) is 10.2. The van der Waals surface area contributed by atoms with E-state index in [0.717, 1.165) is 5.56 Å². The average molecular weight is 295 g/mol. The minimum Gasteiger partial charge on any atom is -0.389 e. The standard InChI is InChI=1S/C14H12ClFN2S/c1-8-3-2-4-12(16)13(8)18-9-5-6-10(14(17)19)11(15)7-9/h2-7,18H,1H3,(H2,17,19). The molecular formula is C14H12ClFN2S. The number of thiocarbonyl (C=S) groups is 1. The molecule has 19 heavy (non-hydrogen) atoms. The third-order valence-corrected chi connectivity index (χ3v) is 3.26. The first-order valence-electron chi connectivity index (χ1n) is 5.60. The topological polar surface area (TPSA) is 38.0 Å². The van der Waals surface area contributed by atoms with Gasteiger partial charge in [0, 0.05) is 11.3 Å². The van der Waals surface area contributed by atoms with E-state index in [1.807, 2.05) is 13.0 Å². The van der Waals surface area contributed by atoms with E-state index < -0.39 is 0 Å². The molecule has 2 aromatic carbocycles. The molecule has 0 bridgehead atoms. The van der Waals surface area contributed by atoms with Crippen molar-refractivity contribution in [3.63, 3.8) is 0 Å². The first kappa shape index (κ1) is 13.8. The van der Waals surface area contributed by atoms with Crippen LogP contribution in [0.3, 0.4) is 0 Å². The van der Waals surface area contributed by atoms with E-state index in [0.29, 0.717) is 22.0 Å². The molecule has 0 aromatic heterocycles. The normalized spacial score (nSPS) is 10.3. The summed E-state index contributed by atoms with van der Waals surface area (Å²) in [6.07, 6.45) is 0. The minimum absolute atomic E-state index is 0.235. The average Bonchev–Trinajstić information content (AvgIpc) is 2.33. The highest BCUT2D eigenvalue weighted by Crippen LogP contribution is 2.27. The molecule has 0 saturated heterocycles. The zero-order valence-corrected chi connectivity index (χ0v) is 11.8. The number of halogens is 2. The van der Waals surface area contributed by atoms with Crippen LogP contribution < -0.4 is 11.1 Å². The van der Waals surface area contributed by atoms with E-state index in [4.69, 9.17) is 29.6 Å². The fourth-order valence-electron chi connectivity index (χ4n) is 1.73. The van der Waals surface area contributed by atoms with Crippen molar-refractivity contribution in [3.05, 3.63) is 58.4 Å². The van der Waals surface area contributed by atoms with Crippen LogP contribution in [0.4, 0.5) is 15.8 Å². The van der Waals surface area contributed by atoms with Gasteiger partial charge in [-0.25, -0.2) is 4.39 Å². The molecule has 0 unspecified atom stereocenters. The van der Waals surface area contributed by atoms with E-state index in [1.165, 1.54) is 6.07 Å². The number of benzene rings is 2. The number of hydrogen-bond donors (Lipinski definition) is 2. The van der Waals surface area contributed by atoms with Gasteiger partial charge >= 0.3 is 0 Å². The molecule has 2 nitrogen and oxygen atoms in total. The lowest BCUT2D eigenvalue weighted by atomic mass is 10.1. The van der Waals surface area contributed by atoms with Crippen LogP contribution in [0.2, 0.25) is 5.02 Å². The fraction of sp³-hybridized carbons (Fsp3) is 0.0714. The van der Waals surface area contributed by atoms with Crippen molar-refractivity contribution in [1.29, 1.82) is 0 Å². The lowest BCUT2D eigenvalue weighted by Gasteiger charge is -2.12. The predicted molar refractivity (Wildman–Crippen MR) is 81.8 cm³/mol. The maximum Gasteiger partial charge on any atom is 0.146 e. The summed E-state index contributed by atoms with van der Waals surface area (Å²) in [5, 5.41) is 3.44. The largest absolute Gasteiger partial charge is 0.389 e. The Balaban J connectivity index is 2.34. The lowest BCUT2D eigenvalue weighted by Crippen LogP contribution is -2.10. The first-order valence-corrected chi connectivity index (χ1v) is 6.39. The molecule has 98 valence electrons. The van der Waals surface area contributed by atoms with Gasteiger partial charge in [0.05, 0.1) is 10.7 Å².